The average Bonchev–Trinajstić information content (AvgIpc) is 2.20. The fraction of sp³-hybridized carbons (Fsp3) is 0.533. The molecule has 0 aliphatic rings. The van der Waals surface area contributed by atoms with Gasteiger partial charge >= 0.3 is 0 Å². The van der Waals surface area contributed by atoms with Gasteiger partial charge in [0.1, 0.15) is 5.78 Å². The Hall–Kier alpha value is -1.11. The summed E-state index contributed by atoms with van der Waals surface area (Å²) in [5.41, 5.74) is 2.64. The van der Waals surface area contributed by atoms with E-state index in [1.807, 2.05) is 6.92 Å². The van der Waals surface area contributed by atoms with Gasteiger partial charge in [-0.05, 0) is 36.8 Å². The Bertz CT molecular complexity index is 335. The van der Waals surface area contributed by atoms with Crippen LogP contribution < -0.4 is 0 Å². The fourth-order valence-corrected chi connectivity index (χ4v) is 1.78. The number of ketones is 1. The van der Waals surface area contributed by atoms with Crippen LogP contribution in [0.3, 0.4) is 0 Å². The molecule has 1 unspecified atom stereocenters. The molecule has 0 bridgehead atoms. The highest BCUT2D eigenvalue weighted by Crippen LogP contribution is 2.13. The summed E-state index contributed by atoms with van der Waals surface area (Å²) in [6.07, 6.45) is 1.99. The number of hydrogen-bond donors (Lipinski definition) is 0. The van der Waals surface area contributed by atoms with Crippen LogP contribution in [0.15, 0.2) is 24.3 Å². The Morgan fingerprint density at radius 2 is 1.44 bits per heavy atom. The molecule has 1 aromatic carbocycles. The molecule has 0 spiro atoms. The van der Waals surface area contributed by atoms with Crippen molar-refractivity contribution in [3.05, 3.63) is 35.4 Å². The fourth-order valence-electron chi connectivity index (χ4n) is 1.78. The molecule has 0 aliphatic heterocycles. The molecule has 0 N–H and O–H groups in total. The minimum Gasteiger partial charge on any atom is -0.300 e. The van der Waals surface area contributed by atoms with Crippen LogP contribution in [0.5, 0.6) is 0 Å². The molecule has 0 saturated carbocycles. The van der Waals surface area contributed by atoms with E-state index in [9.17, 15) is 4.79 Å². The first kappa shape index (κ1) is 13.0. The Balaban J connectivity index is 2.61. The maximum Gasteiger partial charge on any atom is 0.132 e. The minimum absolute atomic E-state index is 0.135. The van der Waals surface area contributed by atoms with Crippen molar-refractivity contribution in [2.45, 2.75) is 40.5 Å². The van der Waals surface area contributed by atoms with Gasteiger partial charge in [-0.3, -0.25) is 4.79 Å². The van der Waals surface area contributed by atoms with E-state index in [1.54, 1.807) is 6.92 Å². The van der Waals surface area contributed by atoms with Crippen LogP contribution in [-0.4, -0.2) is 5.78 Å². The Labute approximate surface area is 98.9 Å². The highest BCUT2D eigenvalue weighted by molar-refractivity contribution is 5.78. The van der Waals surface area contributed by atoms with Gasteiger partial charge in [-0.2, -0.15) is 0 Å². The smallest absolute Gasteiger partial charge is 0.132 e. The number of carbonyl (C=O) groups excluding carboxylic acids is 1. The molecule has 0 fully saturated rings. The zero-order chi connectivity index (χ0) is 12.1. The third-order valence-electron chi connectivity index (χ3n) is 2.90. The maximum atomic E-state index is 11.2. The van der Waals surface area contributed by atoms with Gasteiger partial charge in [0.15, 0.2) is 0 Å². The highest BCUT2D eigenvalue weighted by Gasteiger charge is 2.08. The second kappa shape index (κ2) is 5.83. The van der Waals surface area contributed by atoms with Gasteiger partial charge < -0.3 is 0 Å². The van der Waals surface area contributed by atoms with Crippen LogP contribution in [0, 0.1) is 11.8 Å². The third-order valence-corrected chi connectivity index (χ3v) is 2.90. The minimum atomic E-state index is 0.135. The summed E-state index contributed by atoms with van der Waals surface area (Å²) >= 11 is 0. The predicted molar refractivity (Wildman–Crippen MR) is 68.5 cm³/mol. The molecule has 1 aromatic rings. The molecule has 0 heterocycles. The van der Waals surface area contributed by atoms with Gasteiger partial charge in [0.25, 0.3) is 0 Å². The molecule has 0 radical (unpaired) electrons. The summed E-state index contributed by atoms with van der Waals surface area (Å²) in [7, 11) is 0. The first-order chi connectivity index (χ1) is 7.49. The van der Waals surface area contributed by atoms with E-state index >= 15 is 0 Å². The lowest BCUT2D eigenvalue weighted by atomic mass is 9.96. The molecule has 0 saturated heterocycles. The quantitative estimate of drug-likeness (QED) is 0.737. The standard InChI is InChI=1S/C15H22O/c1-11(2)9-14-5-7-15(8-6-14)10-12(3)13(4)16/h5-8,11-12H,9-10H2,1-4H3. The summed E-state index contributed by atoms with van der Waals surface area (Å²) in [6.45, 7) is 8.11. The van der Waals surface area contributed by atoms with Crippen molar-refractivity contribution in [1.29, 1.82) is 0 Å². The lowest BCUT2D eigenvalue weighted by Gasteiger charge is -2.09. The molecular weight excluding hydrogens is 196 g/mol. The van der Waals surface area contributed by atoms with E-state index in [2.05, 4.69) is 38.1 Å². The zero-order valence-corrected chi connectivity index (χ0v) is 10.8. The van der Waals surface area contributed by atoms with Gasteiger partial charge in [-0.15, -0.1) is 0 Å². The van der Waals surface area contributed by atoms with E-state index in [0.29, 0.717) is 5.92 Å². The summed E-state index contributed by atoms with van der Waals surface area (Å²) in [5, 5.41) is 0. The predicted octanol–water partition coefficient (Wildman–Crippen LogP) is 3.65. The first-order valence-corrected chi connectivity index (χ1v) is 6.07. The first-order valence-electron chi connectivity index (χ1n) is 6.07. The van der Waals surface area contributed by atoms with Crippen molar-refractivity contribution in [3.8, 4) is 0 Å². The Morgan fingerprint density at radius 1 is 1.00 bits per heavy atom. The molecule has 1 atom stereocenters. The third kappa shape index (κ3) is 4.18. The van der Waals surface area contributed by atoms with Crippen molar-refractivity contribution in [1.82, 2.24) is 0 Å². The molecule has 1 nitrogen and oxygen atoms in total. The monoisotopic (exact) mass is 218 g/mol. The second-order valence-electron chi connectivity index (χ2n) is 5.13. The van der Waals surface area contributed by atoms with Gasteiger partial charge in [0.2, 0.25) is 0 Å². The largest absolute Gasteiger partial charge is 0.300 e. The van der Waals surface area contributed by atoms with Crippen LogP contribution >= 0.6 is 0 Å². The Morgan fingerprint density at radius 3 is 1.81 bits per heavy atom. The van der Waals surface area contributed by atoms with Gasteiger partial charge in [-0.1, -0.05) is 45.0 Å². The number of rotatable bonds is 5. The van der Waals surface area contributed by atoms with Crippen LogP contribution in [0.1, 0.15) is 38.8 Å². The number of Topliss-reactive ketones (excluding diaryl/α,β-unsaturated/α-hetero) is 1. The zero-order valence-electron chi connectivity index (χ0n) is 10.8. The average molecular weight is 218 g/mol. The molecule has 0 amide bonds. The van der Waals surface area contributed by atoms with Crippen molar-refractivity contribution in [2.75, 3.05) is 0 Å². The van der Waals surface area contributed by atoms with Gasteiger partial charge in [0.05, 0.1) is 0 Å². The van der Waals surface area contributed by atoms with Crippen LogP contribution in [0.2, 0.25) is 0 Å². The topological polar surface area (TPSA) is 17.1 Å². The summed E-state index contributed by atoms with van der Waals surface area (Å²) < 4.78 is 0. The molecule has 88 valence electrons. The van der Waals surface area contributed by atoms with Crippen molar-refractivity contribution in [3.63, 3.8) is 0 Å². The SMILES string of the molecule is CC(=O)C(C)Cc1ccc(CC(C)C)cc1. The summed E-state index contributed by atoms with van der Waals surface area (Å²) in [6, 6.07) is 8.67. The van der Waals surface area contributed by atoms with Crippen molar-refractivity contribution < 1.29 is 4.79 Å². The molecule has 16 heavy (non-hydrogen) atoms. The van der Waals surface area contributed by atoms with Gasteiger partial charge in [0, 0.05) is 5.92 Å². The van der Waals surface area contributed by atoms with E-state index < -0.39 is 0 Å². The normalized spacial score (nSPS) is 12.8. The van der Waals surface area contributed by atoms with E-state index in [0.717, 1.165) is 12.8 Å². The van der Waals surface area contributed by atoms with Crippen LogP contribution in [0.4, 0.5) is 0 Å². The van der Waals surface area contributed by atoms with Gasteiger partial charge in [-0.25, -0.2) is 0 Å². The number of hydrogen-bond acceptors (Lipinski definition) is 1. The lowest BCUT2D eigenvalue weighted by molar-refractivity contribution is -0.120. The van der Waals surface area contributed by atoms with E-state index in [-0.39, 0.29) is 11.7 Å². The van der Waals surface area contributed by atoms with E-state index in [1.165, 1.54) is 11.1 Å². The van der Waals surface area contributed by atoms with Crippen LogP contribution in [0.25, 0.3) is 0 Å². The Kier molecular flexibility index (Phi) is 4.72. The number of benzene rings is 1. The molecule has 1 rings (SSSR count). The molecule has 0 aliphatic carbocycles. The second-order valence-corrected chi connectivity index (χ2v) is 5.13. The van der Waals surface area contributed by atoms with E-state index in [4.69, 9.17) is 0 Å². The maximum absolute atomic E-state index is 11.2. The van der Waals surface area contributed by atoms with Crippen LogP contribution in [-0.2, 0) is 17.6 Å². The highest BCUT2D eigenvalue weighted by atomic mass is 16.1. The molecular formula is C15H22O. The van der Waals surface area contributed by atoms with Crippen molar-refractivity contribution >= 4 is 5.78 Å². The summed E-state index contributed by atoms with van der Waals surface area (Å²) in [4.78, 5) is 11.2. The summed E-state index contributed by atoms with van der Waals surface area (Å²) in [5.74, 6) is 1.10. The number of carbonyl (C=O) groups is 1. The lowest BCUT2D eigenvalue weighted by Crippen LogP contribution is -2.09. The molecule has 0 aromatic heterocycles. The van der Waals surface area contributed by atoms with Crippen molar-refractivity contribution in [2.24, 2.45) is 11.8 Å². The molecule has 1 heteroatoms.